The fourth-order valence-corrected chi connectivity index (χ4v) is 1.93. The van der Waals surface area contributed by atoms with Gasteiger partial charge in [-0.1, -0.05) is 15.9 Å². The first-order chi connectivity index (χ1) is 9.04. The van der Waals surface area contributed by atoms with Crippen molar-refractivity contribution in [3.63, 3.8) is 0 Å². The lowest BCUT2D eigenvalue weighted by molar-refractivity contribution is 0.262. The number of hydrogen-bond donors (Lipinski definition) is 3. The summed E-state index contributed by atoms with van der Waals surface area (Å²) in [4.78, 5) is 22.6. The van der Waals surface area contributed by atoms with E-state index in [4.69, 9.17) is 0 Å². The molecule has 2 amide bonds. The van der Waals surface area contributed by atoms with Gasteiger partial charge in [-0.05, 0) is 36.8 Å². The SMILES string of the molecule is Cc1cc(Br)ccc1NC(=O)Nc1ccc(=O)[nH]n1. The standard InChI is InChI=1S/C12H11BrN4O2/c1-7-6-8(13)2-3-9(7)14-12(19)15-10-4-5-11(18)17-16-10/h2-6H,1H3,(H,17,18)(H2,14,15,16,19). The lowest BCUT2D eigenvalue weighted by Crippen LogP contribution is -2.21. The van der Waals surface area contributed by atoms with Crippen molar-refractivity contribution < 1.29 is 4.79 Å². The number of aromatic nitrogens is 2. The number of aromatic amines is 1. The number of aryl methyl sites for hydroxylation is 1. The molecule has 1 aromatic heterocycles. The maximum Gasteiger partial charge on any atom is 0.324 e. The highest BCUT2D eigenvalue weighted by molar-refractivity contribution is 9.10. The van der Waals surface area contributed by atoms with Gasteiger partial charge >= 0.3 is 6.03 Å². The number of hydrogen-bond acceptors (Lipinski definition) is 3. The van der Waals surface area contributed by atoms with Gasteiger partial charge in [-0.15, -0.1) is 0 Å². The largest absolute Gasteiger partial charge is 0.324 e. The first kappa shape index (κ1) is 13.3. The smallest absolute Gasteiger partial charge is 0.307 e. The van der Waals surface area contributed by atoms with Crippen LogP contribution in [0.4, 0.5) is 16.3 Å². The van der Waals surface area contributed by atoms with Crippen LogP contribution in [0.2, 0.25) is 0 Å². The predicted octanol–water partition coefficient (Wildman–Crippen LogP) is 2.48. The van der Waals surface area contributed by atoms with Crippen molar-refractivity contribution >= 4 is 33.5 Å². The molecule has 7 heteroatoms. The lowest BCUT2D eigenvalue weighted by Gasteiger charge is -2.09. The van der Waals surface area contributed by atoms with Crippen LogP contribution in [0, 0.1) is 6.92 Å². The summed E-state index contributed by atoms with van der Waals surface area (Å²) in [6.45, 7) is 1.89. The number of H-pyrrole nitrogens is 1. The summed E-state index contributed by atoms with van der Waals surface area (Å²) in [5.74, 6) is 0.270. The van der Waals surface area contributed by atoms with Crippen LogP contribution in [-0.2, 0) is 0 Å². The Labute approximate surface area is 117 Å². The van der Waals surface area contributed by atoms with Gasteiger partial charge < -0.3 is 5.32 Å². The summed E-state index contributed by atoms with van der Waals surface area (Å²) >= 11 is 3.35. The molecule has 0 unspecified atom stereocenters. The zero-order valence-corrected chi connectivity index (χ0v) is 11.6. The van der Waals surface area contributed by atoms with Crippen molar-refractivity contribution in [2.45, 2.75) is 6.92 Å². The third-order valence-corrected chi connectivity index (χ3v) is 2.85. The van der Waals surface area contributed by atoms with Gasteiger partial charge in [0.15, 0.2) is 5.82 Å². The lowest BCUT2D eigenvalue weighted by atomic mass is 10.2. The summed E-state index contributed by atoms with van der Waals surface area (Å²) in [5, 5.41) is 11.1. The fraction of sp³-hybridized carbons (Fsp3) is 0.0833. The predicted molar refractivity (Wildman–Crippen MR) is 76.4 cm³/mol. The molecule has 2 aromatic rings. The number of urea groups is 1. The van der Waals surface area contributed by atoms with Gasteiger partial charge in [0.1, 0.15) is 0 Å². The number of rotatable bonds is 2. The quantitative estimate of drug-likeness (QED) is 0.793. The van der Waals surface area contributed by atoms with Crippen LogP contribution in [-0.4, -0.2) is 16.2 Å². The number of carbonyl (C=O) groups excluding carboxylic acids is 1. The first-order valence-electron chi connectivity index (χ1n) is 5.44. The zero-order chi connectivity index (χ0) is 13.8. The van der Waals surface area contributed by atoms with Crippen molar-refractivity contribution in [1.29, 1.82) is 0 Å². The van der Waals surface area contributed by atoms with Crippen molar-refractivity contribution in [2.75, 3.05) is 10.6 Å². The molecule has 1 heterocycles. The molecule has 6 nitrogen and oxygen atoms in total. The summed E-state index contributed by atoms with van der Waals surface area (Å²) in [6.07, 6.45) is 0. The van der Waals surface area contributed by atoms with E-state index in [2.05, 4.69) is 36.8 Å². The molecule has 0 aliphatic carbocycles. The minimum atomic E-state index is -0.426. The number of benzene rings is 1. The van der Waals surface area contributed by atoms with E-state index >= 15 is 0 Å². The molecule has 0 bridgehead atoms. The Morgan fingerprint density at radius 1 is 1.26 bits per heavy atom. The van der Waals surface area contributed by atoms with Gasteiger partial charge in [0, 0.05) is 16.2 Å². The monoisotopic (exact) mass is 322 g/mol. The van der Waals surface area contributed by atoms with Crippen molar-refractivity contribution in [3.8, 4) is 0 Å². The molecule has 0 saturated heterocycles. The Balaban J connectivity index is 2.05. The van der Waals surface area contributed by atoms with Crippen LogP contribution in [0.25, 0.3) is 0 Å². The van der Waals surface area contributed by atoms with E-state index in [1.807, 2.05) is 19.1 Å². The number of amides is 2. The second-order valence-electron chi connectivity index (χ2n) is 3.84. The molecule has 1 aromatic carbocycles. The normalized spacial score (nSPS) is 10.0. The number of nitrogens with zero attached hydrogens (tertiary/aromatic N) is 1. The Hall–Kier alpha value is -2.15. The Morgan fingerprint density at radius 3 is 2.68 bits per heavy atom. The number of carbonyl (C=O) groups is 1. The van der Waals surface area contributed by atoms with Crippen molar-refractivity contribution in [3.05, 3.63) is 50.7 Å². The molecule has 0 saturated carbocycles. The Kier molecular flexibility index (Phi) is 3.96. The van der Waals surface area contributed by atoms with Crippen molar-refractivity contribution in [1.82, 2.24) is 10.2 Å². The van der Waals surface area contributed by atoms with E-state index < -0.39 is 6.03 Å². The summed E-state index contributed by atoms with van der Waals surface area (Å²) in [5.41, 5.74) is 1.30. The molecule has 0 fully saturated rings. The first-order valence-corrected chi connectivity index (χ1v) is 6.24. The highest BCUT2D eigenvalue weighted by Gasteiger charge is 2.05. The van der Waals surface area contributed by atoms with E-state index in [1.165, 1.54) is 12.1 Å². The average Bonchev–Trinajstić information content (AvgIpc) is 2.36. The summed E-state index contributed by atoms with van der Waals surface area (Å²) in [6, 6.07) is 7.80. The topological polar surface area (TPSA) is 86.9 Å². The van der Waals surface area contributed by atoms with Gasteiger partial charge in [-0.25, -0.2) is 9.89 Å². The maximum absolute atomic E-state index is 11.7. The van der Waals surface area contributed by atoms with Crippen LogP contribution in [0.15, 0.2) is 39.6 Å². The van der Waals surface area contributed by atoms with Crippen LogP contribution in [0.5, 0.6) is 0 Å². The molecule has 19 heavy (non-hydrogen) atoms. The van der Waals surface area contributed by atoms with Crippen LogP contribution in [0.3, 0.4) is 0 Å². The highest BCUT2D eigenvalue weighted by Crippen LogP contribution is 2.20. The third kappa shape index (κ3) is 3.65. The van der Waals surface area contributed by atoms with Crippen LogP contribution in [0.1, 0.15) is 5.56 Å². The van der Waals surface area contributed by atoms with E-state index in [9.17, 15) is 9.59 Å². The average molecular weight is 323 g/mol. The van der Waals surface area contributed by atoms with E-state index in [0.717, 1.165) is 10.0 Å². The summed E-state index contributed by atoms with van der Waals surface area (Å²) < 4.78 is 0.943. The molecule has 0 radical (unpaired) electrons. The van der Waals surface area contributed by atoms with E-state index in [0.29, 0.717) is 5.69 Å². The van der Waals surface area contributed by atoms with Gasteiger partial charge in [0.25, 0.3) is 5.56 Å². The molecule has 0 aliphatic rings. The highest BCUT2D eigenvalue weighted by atomic mass is 79.9. The maximum atomic E-state index is 11.7. The van der Waals surface area contributed by atoms with E-state index in [-0.39, 0.29) is 11.4 Å². The molecular weight excluding hydrogens is 312 g/mol. The van der Waals surface area contributed by atoms with Crippen molar-refractivity contribution in [2.24, 2.45) is 0 Å². The number of nitrogens with one attached hydrogen (secondary N) is 3. The molecule has 0 spiro atoms. The van der Waals surface area contributed by atoms with Gasteiger partial charge in [0.2, 0.25) is 0 Å². The second kappa shape index (κ2) is 5.66. The molecule has 3 N–H and O–H groups in total. The fourth-order valence-electron chi connectivity index (χ4n) is 1.45. The van der Waals surface area contributed by atoms with Crippen LogP contribution < -0.4 is 16.2 Å². The second-order valence-corrected chi connectivity index (χ2v) is 4.76. The molecule has 0 atom stereocenters. The minimum absolute atomic E-state index is 0.270. The number of halogens is 1. The third-order valence-electron chi connectivity index (χ3n) is 2.36. The van der Waals surface area contributed by atoms with Gasteiger partial charge in [-0.2, -0.15) is 5.10 Å². The molecule has 0 aliphatic heterocycles. The van der Waals surface area contributed by atoms with Crippen LogP contribution >= 0.6 is 15.9 Å². The number of anilines is 2. The molecule has 2 rings (SSSR count). The zero-order valence-electron chi connectivity index (χ0n) is 10.0. The Bertz CT molecular complexity index is 649. The minimum Gasteiger partial charge on any atom is -0.307 e. The van der Waals surface area contributed by atoms with Gasteiger partial charge in [0.05, 0.1) is 0 Å². The molecule has 98 valence electrons. The Morgan fingerprint density at radius 2 is 2.05 bits per heavy atom. The van der Waals surface area contributed by atoms with E-state index in [1.54, 1.807) is 6.07 Å². The molecular formula is C12H11BrN4O2. The van der Waals surface area contributed by atoms with Gasteiger partial charge in [-0.3, -0.25) is 10.1 Å². The summed E-state index contributed by atoms with van der Waals surface area (Å²) in [7, 11) is 0.